The van der Waals surface area contributed by atoms with Gasteiger partial charge in [0.15, 0.2) is 0 Å². The highest BCUT2D eigenvalue weighted by Crippen LogP contribution is 2.26. The number of rotatable bonds is 2. The zero-order valence-corrected chi connectivity index (χ0v) is 12.6. The highest BCUT2D eigenvalue weighted by atomic mass is 16.3. The molecule has 2 N–H and O–H groups in total. The Bertz CT molecular complexity index is 468. The Morgan fingerprint density at radius 3 is 2.35 bits per heavy atom. The molecular formula is C17H25NO2. The molecule has 0 spiro atoms. The molecule has 0 aliphatic heterocycles. The van der Waals surface area contributed by atoms with Crippen LogP contribution in [0.1, 0.15) is 62.4 Å². The lowest BCUT2D eigenvalue weighted by atomic mass is 9.83. The molecule has 1 aliphatic carbocycles. The van der Waals surface area contributed by atoms with Crippen molar-refractivity contribution in [1.29, 1.82) is 0 Å². The summed E-state index contributed by atoms with van der Waals surface area (Å²) in [4.78, 5) is 12.5. The average Bonchev–Trinajstić information content (AvgIpc) is 2.40. The first kappa shape index (κ1) is 15.0. The summed E-state index contributed by atoms with van der Waals surface area (Å²) in [5.41, 5.74) is 1.80. The fourth-order valence-electron chi connectivity index (χ4n) is 2.82. The van der Waals surface area contributed by atoms with Crippen molar-refractivity contribution in [3.05, 3.63) is 35.4 Å². The number of hydrogen-bond donors (Lipinski definition) is 2. The van der Waals surface area contributed by atoms with Crippen LogP contribution in [0, 0.1) is 0 Å². The monoisotopic (exact) mass is 275 g/mol. The second-order valence-corrected chi connectivity index (χ2v) is 6.77. The van der Waals surface area contributed by atoms with Gasteiger partial charge in [-0.25, -0.2) is 0 Å². The second kappa shape index (κ2) is 5.96. The summed E-state index contributed by atoms with van der Waals surface area (Å²) in [6.07, 6.45) is 3.11. The average molecular weight is 275 g/mol. The van der Waals surface area contributed by atoms with Gasteiger partial charge in [-0.05, 0) is 42.7 Å². The quantitative estimate of drug-likeness (QED) is 0.871. The molecule has 3 heteroatoms. The third kappa shape index (κ3) is 3.60. The van der Waals surface area contributed by atoms with Crippen molar-refractivity contribution in [3.63, 3.8) is 0 Å². The standard InChI is InChI=1S/C17H25NO2/c1-17(2,3)15-7-5-4-6-14(15)16(20)18-12-8-10-13(19)11-9-12/h4-7,12-13,19H,8-11H2,1-3H3,(H,18,20). The Kier molecular flexibility index (Phi) is 4.48. The van der Waals surface area contributed by atoms with Crippen LogP contribution in [0.15, 0.2) is 24.3 Å². The molecule has 1 fully saturated rings. The van der Waals surface area contributed by atoms with Gasteiger partial charge in [0.1, 0.15) is 0 Å². The third-order valence-corrected chi connectivity index (χ3v) is 4.01. The van der Waals surface area contributed by atoms with Crippen LogP contribution >= 0.6 is 0 Å². The predicted octanol–water partition coefficient (Wildman–Crippen LogP) is 3.02. The van der Waals surface area contributed by atoms with Gasteiger partial charge in [0.2, 0.25) is 0 Å². The van der Waals surface area contributed by atoms with Crippen molar-refractivity contribution in [2.75, 3.05) is 0 Å². The van der Waals surface area contributed by atoms with Crippen molar-refractivity contribution < 1.29 is 9.90 Å². The molecule has 1 saturated carbocycles. The molecule has 0 atom stereocenters. The Morgan fingerprint density at radius 2 is 1.75 bits per heavy atom. The molecule has 1 aromatic rings. The number of aliphatic hydroxyl groups is 1. The minimum Gasteiger partial charge on any atom is -0.393 e. The first-order valence-corrected chi connectivity index (χ1v) is 7.46. The van der Waals surface area contributed by atoms with Gasteiger partial charge in [-0.3, -0.25) is 4.79 Å². The number of hydrogen-bond acceptors (Lipinski definition) is 2. The lowest BCUT2D eigenvalue weighted by Gasteiger charge is -2.28. The fourth-order valence-corrected chi connectivity index (χ4v) is 2.82. The van der Waals surface area contributed by atoms with Crippen LogP contribution in [0.2, 0.25) is 0 Å². The molecular weight excluding hydrogens is 250 g/mol. The summed E-state index contributed by atoms with van der Waals surface area (Å²) in [6, 6.07) is 8.01. The fraction of sp³-hybridized carbons (Fsp3) is 0.588. The molecule has 0 saturated heterocycles. The Labute approximate surface area is 121 Å². The minimum atomic E-state index is -0.190. The van der Waals surface area contributed by atoms with Gasteiger partial charge < -0.3 is 10.4 Å². The summed E-state index contributed by atoms with van der Waals surface area (Å²) in [6.45, 7) is 6.36. The molecule has 0 bridgehead atoms. The maximum Gasteiger partial charge on any atom is 0.251 e. The van der Waals surface area contributed by atoms with Gasteiger partial charge in [-0.2, -0.15) is 0 Å². The summed E-state index contributed by atoms with van der Waals surface area (Å²) in [5, 5.41) is 12.6. The molecule has 1 aromatic carbocycles. The molecule has 20 heavy (non-hydrogen) atoms. The molecule has 1 amide bonds. The number of carbonyl (C=O) groups excluding carboxylic acids is 1. The zero-order chi connectivity index (χ0) is 14.8. The summed E-state index contributed by atoms with van der Waals surface area (Å²) >= 11 is 0. The van der Waals surface area contributed by atoms with E-state index in [0.717, 1.165) is 36.8 Å². The van der Waals surface area contributed by atoms with E-state index in [4.69, 9.17) is 0 Å². The first-order chi connectivity index (χ1) is 9.38. The van der Waals surface area contributed by atoms with Gasteiger partial charge in [0, 0.05) is 11.6 Å². The lowest BCUT2D eigenvalue weighted by Crippen LogP contribution is -2.39. The molecule has 0 heterocycles. The van der Waals surface area contributed by atoms with Crippen molar-refractivity contribution in [2.45, 2.75) is 64.0 Å². The molecule has 1 aliphatic rings. The molecule has 110 valence electrons. The van der Waals surface area contributed by atoms with E-state index in [1.807, 2.05) is 24.3 Å². The largest absolute Gasteiger partial charge is 0.393 e. The smallest absolute Gasteiger partial charge is 0.251 e. The van der Waals surface area contributed by atoms with E-state index in [9.17, 15) is 9.90 Å². The van der Waals surface area contributed by atoms with Crippen LogP contribution in [-0.2, 0) is 5.41 Å². The van der Waals surface area contributed by atoms with Crippen LogP contribution in [0.4, 0.5) is 0 Å². The normalized spacial score (nSPS) is 23.4. The van der Waals surface area contributed by atoms with E-state index >= 15 is 0 Å². The highest BCUT2D eigenvalue weighted by molar-refractivity contribution is 5.96. The number of carbonyl (C=O) groups is 1. The van der Waals surface area contributed by atoms with Crippen molar-refractivity contribution in [3.8, 4) is 0 Å². The van der Waals surface area contributed by atoms with Crippen molar-refractivity contribution in [2.24, 2.45) is 0 Å². The van der Waals surface area contributed by atoms with Crippen LogP contribution < -0.4 is 5.32 Å². The van der Waals surface area contributed by atoms with Gasteiger partial charge in [0.05, 0.1) is 6.10 Å². The van der Waals surface area contributed by atoms with Gasteiger partial charge in [0.25, 0.3) is 5.91 Å². The van der Waals surface area contributed by atoms with E-state index in [-0.39, 0.29) is 23.5 Å². The minimum absolute atomic E-state index is 0.0110. The van der Waals surface area contributed by atoms with E-state index in [2.05, 4.69) is 26.1 Å². The van der Waals surface area contributed by atoms with E-state index in [1.54, 1.807) is 0 Å². The van der Waals surface area contributed by atoms with Crippen LogP contribution in [0.5, 0.6) is 0 Å². The van der Waals surface area contributed by atoms with E-state index in [1.165, 1.54) is 0 Å². The molecule has 3 nitrogen and oxygen atoms in total. The maximum atomic E-state index is 12.5. The van der Waals surface area contributed by atoms with E-state index < -0.39 is 0 Å². The summed E-state index contributed by atoms with van der Waals surface area (Å²) < 4.78 is 0. The number of aliphatic hydroxyl groups excluding tert-OH is 1. The maximum absolute atomic E-state index is 12.5. The second-order valence-electron chi connectivity index (χ2n) is 6.77. The Hall–Kier alpha value is -1.35. The SMILES string of the molecule is CC(C)(C)c1ccccc1C(=O)NC1CCC(O)CC1. The van der Waals surface area contributed by atoms with Crippen LogP contribution in [-0.4, -0.2) is 23.2 Å². The first-order valence-electron chi connectivity index (χ1n) is 7.46. The molecule has 0 radical (unpaired) electrons. The van der Waals surface area contributed by atoms with Crippen molar-refractivity contribution >= 4 is 5.91 Å². The van der Waals surface area contributed by atoms with E-state index in [0.29, 0.717) is 0 Å². The number of benzene rings is 1. The van der Waals surface area contributed by atoms with Crippen LogP contribution in [0.25, 0.3) is 0 Å². The molecule has 0 unspecified atom stereocenters. The third-order valence-electron chi connectivity index (χ3n) is 4.01. The lowest BCUT2D eigenvalue weighted by molar-refractivity contribution is 0.0865. The van der Waals surface area contributed by atoms with Crippen molar-refractivity contribution in [1.82, 2.24) is 5.32 Å². The molecule has 0 aromatic heterocycles. The topological polar surface area (TPSA) is 49.3 Å². The van der Waals surface area contributed by atoms with Gasteiger partial charge >= 0.3 is 0 Å². The molecule has 2 rings (SSSR count). The number of nitrogens with one attached hydrogen (secondary N) is 1. The summed E-state index contributed by atoms with van der Waals surface area (Å²) in [5.74, 6) is 0.0110. The Balaban J connectivity index is 2.10. The zero-order valence-electron chi connectivity index (χ0n) is 12.6. The predicted molar refractivity (Wildman–Crippen MR) is 80.9 cm³/mol. The highest BCUT2D eigenvalue weighted by Gasteiger charge is 2.24. The van der Waals surface area contributed by atoms with Gasteiger partial charge in [-0.15, -0.1) is 0 Å². The van der Waals surface area contributed by atoms with Crippen LogP contribution in [0.3, 0.4) is 0 Å². The Morgan fingerprint density at radius 1 is 1.15 bits per heavy atom. The van der Waals surface area contributed by atoms with Gasteiger partial charge in [-0.1, -0.05) is 39.0 Å². The number of amides is 1. The summed E-state index contributed by atoms with van der Waals surface area (Å²) in [7, 11) is 0.